The molecule has 3 aromatic rings. The molecular weight excluding hydrogens is 452 g/mol. The number of nitrogens with zero attached hydrogens (tertiary/aromatic N) is 1. The van der Waals surface area contributed by atoms with Gasteiger partial charge in [0.2, 0.25) is 5.91 Å². The smallest absolute Gasteiger partial charge is 0.261 e. The van der Waals surface area contributed by atoms with E-state index in [2.05, 4.69) is 5.32 Å². The van der Waals surface area contributed by atoms with E-state index >= 15 is 0 Å². The van der Waals surface area contributed by atoms with Gasteiger partial charge in [0.25, 0.3) is 5.91 Å². The number of benzene rings is 3. The fourth-order valence-corrected chi connectivity index (χ4v) is 4.98. The highest BCUT2D eigenvalue weighted by Crippen LogP contribution is 2.26. The van der Waals surface area contributed by atoms with Crippen LogP contribution in [0.15, 0.2) is 66.7 Å². The number of fused-ring (bicyclic) bond motifs is 1. The number of amides is 2. The van der Waals surface area contributed by atoms with E-state index < -0.39 is 6.04 Å². The van der Waals surface area contributed by atoms with Crippen molar-refractivity contribution in [2.24, 2.45) is 0 Å². The van der Waals surface area contributed by atoms with Crippen LogP contribution in [0.4, 0.5) is 0 Å². The van der Waals surface area contributed by atoms with Crippen molar-refractivity contribution in [3.8, 4) is 11.5 Å². The monoisotopic (exact) mass is 488 g/mol. The summed E-state index contributed by atoms with van der Waals surface area (Å²) in [4.78, 5) is 28.6. The molecule has 0 saturated heterocycles. The third-order valence-corrected chi connectivity index (χ3v) is 6.93. The largest absolute Gasteiger partial charge is 0.497 e. The topological polar surface area (TPSA) is 67.9 Å². The van der Waals surface area contributed by atoms with Crippen LogP contribution in [-0.2, 0) is 16.1 Å². The molecule has 0 bridgehead atoms. The molecule has 1 fully saturated rings. The predicted molar refractivity (Wildman–Crippen MR) is 142 cm³/mol. The second-order valence-electron chi connectivity index (χ2n) is 9.41. The summed E-state index contributed by atoms with van der Waals surface area (Å²) in [6.45, 7) is 2.10. The minimum atomic E-state index is -0.582. The zero-order chi connectivity index (χ0) is 25.3. The van der Waals surface area contributed by atoms with Crippen molar-refractivity contribution in [2.45, 2.75) is 64.1 Å². The fraction of sp³-hybridized carbons (Fsp3) is 0.400. The molecule has 0 spiro atoms. The lowest BCUT2D eigenvalue weighted by molar-refractivity contribution is -0.143. The zero-order valence-electron chi connectivity index (χ0n) is 21.2. The van der Waals surface area contributed by atoms with Crippen molar-refractivity contribution in [1.29, 1.82) is 0 Å². The number of methoxy groups -OCH3 is 1. The molecule has 6 nitrogen and oxygen atoms in total. The Kier molecular flexibility index (Phi) is 8.82. The van der Waals surface area contributed by atoms with Gasteiger partial charge in [0.15, 0.2) is 6.61 Å². The van der Waals surface area contributed by atoms with E-state index in [0.717, 1.165) is 42.0 Å². The van der Waals surface area contributed by atoms with E-state index in [4.69, 9.17) is 9.47 Å². The molecular formula is C30H36N2O4. The first-order chi connectivity index (χ1) is 17.6. The molecule has 6 heteroatoms. The molecule has 1 N–H and O–H groups in total. The van der Waals surface area contributed by atoms with Gasteiger partial charge in [0, 0.05) is 18.0 Å². The molecule has 0 aromatic heterocycles. The first kappa shape index (κ1) is 25.5. The summed E-state index contributed by atoms with van der Waals surface area (Å²) in [7, 11) is 1.62. The van der Waals surface area contributed by atoms with E-state index in [-0.39, 0.29) is 24.5 Å². The van der Waals surface area contributed by atoms with Gasteiger partial charge < -0.3 is 19.7 Å². The van der Waals surface area contributed by atoms with E-state index in [9.17, 15) is 9.59 Å². The van der Waals surface area contributed by atoms with Crippen LogP contribution in [0, 0.1) is 0 Å². The minimum Gasteiger partial charge on any atom is -0.497 e. The van der Waals surface area contributed by atoms with Crippen molar-refractivity contribution >= 4 is 22.6 Å². The summed E-state index contributed by atoms with van der Waals surface area (Å²) in [6.07, 6.45) is 5.99. The molecule has 190 valence electrons. The first-order valence-electron chi connectivity index (χ1n) is 12.9. The zero-order valence-corrected chi connectivity index (χ0v) is 21.2. The third kappa shape index (κ3) is 6.36. The van der Waals surface area contributed by atoms with E-state index in [1.165, 1.54) is 6.42 Å². The van der Waals surface area contributed by atoms with Gasteiger partial charge in [-0.25, -0.2) is 0 Å². The van der Waals surface area contributed by atoms with Gasteiger partial charge in [-0.15, -0.1) is 0 Å². The van der Waals surface area contributed by atoms with Crippen LogP contribution in [0.2, 0.25) is 0 Å². The Morgan fingerprint density at radius 2 is 1.75 bits per heavy atom. The van der Waals surface area contributed by atoms with Gasteiger partial charge >= 0.3 is 0 Å². The molecule has 3 aromatic carbocycles. The molecule has 0 heterocycles. The van der Waals surface area contributed by atoms with Gasteiger partial charge in [-0.2, -0.15) is 0 Å². The van der Waals surface area contributed by atoms with Gasteiger partial charge in [-0.1, -0.05) is 74.7 Å². The maximum atomic E-state index is 13.6. The van der Waals surface area contributed by atoms with Crippen molar-refractivity contribution in [3.63, 3.8) is 0 Å². The summed E-state index contributed by atoms with van der Waals surface area (Å²) in [5.74, 6) is 1.05. The summed E-state index contributed by atoms with van der Waals surface area (Å²) in [5, 5.41) is 5.22. The number of hydrogen-bond acceptors (Lipinski definition) is 4. The lowest BCUT2D eigenvalue weighted by Gasteiger charge is -2.32. The van der Waals surface area contributed by atoms with Crippen LogP contribution in [0.25, 0.3) is 10.8 Å². The SMILES string of the molecule is CCC(C(=O)NC1CCCCC1)N(Cc1cccc(OC)c1)C(=O)COc1cccc2ccccc12. The maximum absolute atomic E-state index is 13.6. The molecule has 36 heavy (non-hydrogen) atoms. The normalized spacial score (nSPS) is 14.7. The Balaban J connectivity index is 1.54. The van der Waals surface area contributed by atoms with Crippen LogP contribution in [0.3, 0.4) is 0 Å². The number of carbonyl (C=O) groups is 2. The van der Waals surface area contributed by atoms with Gasteiger partial charge in [0.1, 0.15) is 17.5 Å². The average Bonchev–Trinajstić information content (AvgIpc) is 2.92. The van der Waals surface area contributed by atoms with E-state index in [1.54, 1.807) is 12.0 Å². The average molecular weight is 489 g/mol. The van der Waals surface area contributed by atoms with Crippen molar-refractivity contribution in [2.75, 3.05) is 13.7 Å². The summed E-state index contributed by atoms with van der Waals surface area (Å²) < 4.78 is 11.4. The second kappa shape index (κ2) is 12.4. The number of ether oxygens (including phenoxy) is 2. The van der Waals surface area contributed by atoms with Crippen LogP contribution in [-0.4, -0.2) is 42.5 Å². The van der Waals surface area contributed by atoms with Gasteiger partial charge in [-0.3, -0.25) is 9.59 Å². The van der Waals surface area contributed by atoms with Crippen LogP contribution < -0.4 is 14.8 Å². The highest BCUT2D eigenvalue weighted by atomic mass is 16.5. The Morgan fingerprint density at radius 1 is 1.00 bits per heavy atom. The molecule has 1 saturated carbocycles. The number of hydrogen-bond donors (Lipinski definition) is 1. The quantitative estimate of drug-likeness (QED) is 0.410. The van der Waals surface area contributed by atoms with Crippen molar-refractivity contribution in [3.05, 3.63) is 72.3 Å². The molecule has 2 amide bonds. The van der Waals surface area contributed by atoms with E-state index in [0.29, 0.717) is 24.5 Å². The fourth-order valence-electron chi connectivity index (χ4n) is 4.98. The lowest BCUT2D eigenvalue weighted by atomic mass is 9.95. The Labute approximate surface area is 213 Å². The van der Waals surface area contributed by atoms with Crippen LogP contribution in [0.1, 0.15) is 51.0 Å². The molecule has 0 aliphatic heterocycles. The highest BCUT2D eigenvalue weighted by molar-refractivity contribution is 5.90. The molecule has 1 unspecified atom stereocenters. The number of nitrogens with one attached hydrogen (secondary N) is 1. The Morgan fingerprint density at radius 3 is 2.53 bits per heavy atom. The van der Waals surface area contributed by atoms with Gasteiger partial charge in [0.05, 0.1) is 7.11 Å². The summed E-state index contributed by atoms with van der Waals surface area (Å²) in [5.41, 5.74) is 0.900. The molecule has 1 atom stereocenters. The van der Waals surface area contributed by atoms with Gasteiger partial charge in [-0.05, 0) is 48.4 Å². The summed E-state index contributed by atoms with van der Waals surface area (Å²) in [6, 6.07) is 20.9. The summed E-state index contributed by atoms with van der Waals surface area (Å²) >= 11 is 0. The van der Waals surface area contributed by atoms with Crippen molar-refractivity contribution in [1.82, 2.24) is 10.2 Å². The molecule has 0 radical (unpaired) electrons. The molecule has 1 aliphatic rings. The predicted octanol–water partition coefficient (Wildman–Crippen LogP) is 5.48. The third-order valence-electron chi connectivity index (χ3n) is 6.93. The van der Waals surface area contributed by atoms with Crippen molar-refractivity contribution < 1.29 is 19.1 Å². The Bertz CT molecular complexity index is 1170. The standard InChI is InChI=1S/C30H36N2O4/c1-3-27(30(34)31-24-14-5-4-6-15-24)32(20-22-11-9-16-25(19-22)35-2)29(33)21-36-28-18-10-13-23-12-7-8-17-26(23)28/h7-13,16-19,24,27H,3-6,14-15,20-21H2,1-2H3,(H,31,34). The number of carbonyl (C=O) groups excluding carboxylic acids is 2. The first-order valence-corrected chi connectivity index (χ1v) is 12.9. The Hall–Kier alpha value is -3.54. The molecule has 4 rings (SSSR count). The maximum Gasteiger partial charge on any atom is 0.261 e. The van der Waals surface area contributed by atoms with E-state index in [1.807, 2.05) is 73.7 Å². The second-order valence-corrected chi connectivity index (χ2v) is 9.41. The lowest BCUT2D eigenvalue weighted by Crippen LogP contribution is -2.52. The van der Waals surface area contributed by atoms with Crippen LogP contribution >= 0.6 is 0 Å². The van der Waals surface area contributed by atoms with Crippen LogP contribution in [0.5, 0.6) is 11.5 Å². The highest BCUT2D eigenvalue weighted by Gasteiger charge is 2.30. The number of rotatable bonds is 10. The minimum absolute atomic E-state index is 0.0918. The molecule has 1 aliphatic carbocycles.